The zero-order valence-corrected chi connectivity index (χ0v) is 13.4. The third-order valence-electron chi connectivity index (χ3n) is 3.83. The van der Waals surface area contributed by atoms with Crippen LogP contribution in [-0.2, 0) is 21.2 Å². The second-order valence-corrected chi connectivity index (χ2v) is 7.96. The van der Waals surface area contributed by atoms with Gasteiger partial charge in [-0.3, -0.25) is 4.79 Å². The van der Waals surface area contributed by atoms with E-state index in [-0.39, 0.29) is 30.0 Å². The zero-order chi connectivity index (χ0) is 16.3. The summed E-state index contributed by atoms with van der Waals surface area (Å²) in [5.41, 5.74) is 1.65. The van der Waals surface area contributed by atoms with E-state index in [0.717, 1.165) is 5.56 Å². The lowest BCUT2D eigenvalue weighted by molar-refractivity contribution is -0.122. The Balaban J connectivity index is 1.56. The van der Waals surface area contributed by atoms with Crippen molar-refractivity contribution in [3.8, 4) is 11.3 Å². The van der Waals surface area contributed by atoms with Crippen molar-refractivity contribution in [3.63, 3.8) is 0 Å². The van der Waals surface area contributed by atoms with Gasteiger partial charge in [0.2, 0.25) is 5.91 Å². The molecule has 0 bridgehead atoms. The smallest absolute Gasteiger partial charge is 0.242 e. The van der Waals surface area contributed by atoms with E-state index < -0.39 is 9.84 Å². The molecule has 0 unspecified atom stereocenters. The maximum atomic E-state index is 12.0. The van der Waals surface area contributed by atoms with Crippen LogP contribution in [0.3, 0.4) is 0 Å². The van der Waals surface area contributed by atoms with Crippen molar-refractivity contribution in [1.29, 1.82) is 0 Å². The molecule has 23 heavy (non-hydrogen) atoms. The summed E-state index contributed by atoms with van der Waals surface area (Å²) in [6.07, 6.45) is 2.67. The number of hydrogen-bond acceptors (Lipinski definition) is 5. The van der Waals surface area contributed by atoms with E-state index >= 15 is 0 Å². The quantitative estimate of drug-likeness (QED) is 0.885. The second-order valence-electron chi connectivity index (χ2n) is 5.66. The van der Waals surface area contributed by atoms with Crippen LogP contribution in [0.4, 0.5) is 0 Å². The van der Waals surface area contributed by atoms with Crippen molar-refractivity contribution >= 4 is 15.7 Å². The van der Waals surface area contributed by atoms with Crippen molar-refractivity contribution in [1.82, 2.24) is 20.3 Å². The third-order valence-corrected chi connectivity index (χ3v) is 5.55. The Bertz CT molecular complexity index is 772. The normalized spacial score (nSPS) is 17.7. The van der Waals surface area contributed by atoms with Crippen LogP contribution in [-0.4, -0.2) is 46.9 Å². The van der Waals surface area contributed by atoms with Gasteiger partial charge < -0.3 is 5.32 Å². The number of hydrogen-bond donors (Lipinski definition) is 1. The predicted molar refractivity (Wildman–Crippen MR) is 85.3 cm³/mol. The monoisotopic (exact) mass is 334 g/mol. The highest BCUT2D eigenvalue weighted by Crippen LogP contribution is 2.15. The zero-order valence-electron chi connectivity index (χ0n) is 12.6. The molecule has 1 aromatic carbocycles. The number of carbonyl (C=O) groups excluding carboxylic acids is 1. The molecule has 2 heterocycles. The summed E-state index contributed by atoms with van der Waals surface area (Å²) in [5, 5.41) is 10.9. The minimum atomic E-state index is -2.92. The number of aromatic nitrogens is 3. The molecule has 1 saturated heterocycles. The molecule has 8 heteroatoms. The standard InChI is InChI=1S/C15H18N4O3S/c20-15(16-13-6-8-23(21,22)9-7-13)11-19-10-14(17-18-19)12-4-2-1-3-5-12/h1-5,10,13H,6-9,11H2,(H,16,20). The molecule has 1 fully saturated rings. The van der Waals surface area contributed by atoms with Gasteiger partial charge in [-0.15, -0.1) is 5.10 Å². The van der Waals surface area contributed by atoms with Gasteiger partial charge in [0.25, 0.3) is 0 Å². The lowest BCUT2D eigenvalue weighted by Gasteiger charge is -2.22. The first-order valence-corrected chi connectivity index (χ1v) is 9.29. The van der Waals surface area contributed by atoms with Crippen LogP contribution in [0, 0.1) is 0 Å². The van der Waals surface area contributed by atoms with Crippen LogP contribution in [0.5, 0.6) is 0 Å². The Morgan fingerprint density at radius 2 is 1.91 bits per heavy atom. The van der Waals surface area contributed by atoms with Crippen LogP contribution in [0.2, 0.25) is 0 Å². The molecule has 0 atom stereocenters. The first-order chi connectivity index (χ1) is 11.0. The Labute approximate surface area is 134 Å². The molecular formula is C15H18N4O3S. The van der Waals surface area contributed by atoms with Gasteiger partial charge in [-0.05, 0) is 12.8 Å². The molecule has 1 aliphatic heterocycles. The van der Waals surface area contributed by atoms with Crippen molar-refractivity contribution in [2.24, 2.45) is 0 Å². The fraction of sp³-hybridized carbons (Fsp3) is 0.400. The molecule has 1 amide bonds. The summed E-state index contributed by atoms with van der Waals surface area (Å²) in [5.74, 6) is 0.0950. The van der Waals surface area contributed by atoms with Crippen LogP contribution >= 0.6 is 0 Å². The summed E-state index contributed by atoms with van der Waals surface area (Å²) in [6, 6.07) is 9.53. The van der Waals surface area contributed by atoms with Crippen LogP contribution in [0.25, 0.3) is 11.3 Å². The number of benzene rings is 1. The number of sulfone groups is 1. The van der Waals surface area contributed by atoms with E-state index in [1.165, 1.54) is 4.68 Å². The largest absolute Gasteiger partial charge is 0.352 e. The van der Waals surface area contributed by atoms with E-state index in [9.17, 15) is 13.2 Å². The van der Waals surface area contributed by atoms with Gasteiger partial charge in [-0.25, -0.2) is 13.1 Å². The Kier molecular flexibility index (Phi) is 4.42. The van der Waals surface area contributed by atoms with E-state index in [4.69, 9.17) is 0 Å². The van der Waals surface area contributed by atoms with Crippen LogP contribution in [0.1, 0.15) is 12.8 Å². The lowest BCUT2D eigenvalue weighted by Crippen LogP contribution is -2.42. The van der Waals surface area contributed by atoms with Gasteiger partial charge in [-0.1, -0.05) is 35.5 Å². The third kappa shape index (κ3) is 4.16. The molecule has 1 aliphatic rings. The highest BCUT2D eigenvalue weighted by Gasteiger charge is 2.24. The number of rotatable bonds is 4. The van der Waals surface area contributed by atoms with E-state index in [2.05, 4.69) is 15.6 Å². The fourth-order valence-electron chi connectivity index (χ4n) is 2.57. The minimum Gasteiger partial charge on any atom is -0.352 e. The lowest BCUT2D eigenvalue weighted by atomic mass is 10.1. The Morgan fingerprint density at radius 1 is 1.22 bits per heavy atom. The highest BCUT2D eigenvalue weighted by atomic mass is 32.2. The van der Waals surface area contributed by atoms with Gasteiger partial charge in [0.15, 0.2) is 0 Å². The minimum absolute atomic E-state index is 0.0725. The van der Waals surface area contributed by atoms with Gasteiger partial charge in [0.05, 0.1) is 17.7 Å². The van der Waals surface area contributed by atoms with Crippen molar-refractivity contribution < 1.29 is 13.2 Å². The molecule has 1 N–H and O–H groups in total. The molecule has 0 spiro atoms. The van der Waals surface area contributed by atoms with Gasteiger partial charge in [0.1, 0.15) is 22.1 Å². The molecule has 0 saturated carbocycles. The van der Waals surface area contributed by atoms with E-state index in [1.54, 1.807) is 6.20 Å². The summed E-state index contributed by atoms with van der Waals surface area (Å²) < 4.78 is 24.2. The van der Waals surface area contributed by atoms with Crippen molar-refractivity contribution in [3.05, 3.63) is 36.5 Å². The average Bonchev–Trinajstić information content (AvgIpc) is 2.99. The predicted octanol–water partition coefficient (Wildman–Crippen LogP) is 0.638. The average molecular weight is 334 g/mol. The topological polar surface area (TPSA) is 93.9 Å². The molecule has 3 rings (SSSR count). The SMILES string of the molecule is O=C(Cn1cc(-c2ccccc2)nn1)NC1CCS(=O)(=O)CC1. The number of nitrogens with zero attached hydrogens (tertiary/aromatic N) is 3. The molecule has 122 valence electrons. The molecule has 7 nitrogen and oxygen atoms in total. The maximum absolute atomic E-state index is 12.0. The number of amides is 1. The highest BCUT2D eigenvalue weighted by molar-refractivity contribution is 7.91. The maximum Gasteiger partial charge on any atom is 0.242 e. The van der Waals surface area contributed by atoms with Gasteiger partial charge in [-0.2, -0.15) is 0 Å². The molecule has 2 aromatic rings. The van der Waals surface area contributed by atoms with E-state index in [0.29, 0.717) is 18.5 Å². The van der Waals surface area contributed by atoms with Gasteiger partial charge >= 0.3 is 0 Å². The molecule has 0 radical (unpaired) electrons. The fourth-order valence-corrected chi connectivity index (χ4v) is 4.06. The second kappa shape index (κ2) is 6.49. The summed E-state index contributed by atoms with van der Waals surface area (Å²) in [6.45, 7) is 0.0725. The molecular weight excluding hydrogens is 316 g/mol. The Morgan fingerprint density at radius 3 is 2.61 bits per heavy atom. The van der Waals surface area contributed by atoms with Crippen LogP contribution < -0.4 is 5.32 Å². The first kappa shape index (κ1) is 15.7. The van der Waals surface area contributed by atoms with Crippen molar-refractivity contribution in [2.45, 2.75) is 25.4 Å². The number of nitrogens with one attached hydrogen (secondary N) is 1. The summed E-state index contributed by atoms with van der Waals surface area (Å²) >= 11 is 0. The first-order valence-electron chi connectivity index (χ1n) is 7.47. The van der Waals surface area contributed by atoms with Crippen LogP contribution in [0.15, 0.2) is 36.5 Å². The van der Waals surface area contributed by atoms with Crippen molar-refractivity contribution in [2.75, 3.05) is 11.5 Å². The number of carbonyl (C=O) groups is 1. The summed E-state index contributed by atoms with van der Waals surface area (Å²) in [7, 11) is -2.92. The van der Waals surface area contributed by atoms with Gasteiger partial charge in [0, 0.05) is 11.6 Å². The Hall–Kier alpha value is -2.22. The molecule has 0 aliphatic carbocycles. The van der Waals surface area contributed by atoms with E-state index in [1.807, 2.05) is 30.3 Å². The summed E-state index contributed by atoms with van der Waals surface area (Å²) in [4.78, 5) is 12.0. The molecule has 1 aromatic heterocycles.